The van der Waals surface area contributed by atoms with Crippen LogP contribution in [0.1, 0.15) is 12.5 Å². The van der Waals surface area contributed by atoms with Crippen molar-refractivity contribution in [1.29, 1.82) is 0 Å². The minimum atomic E-state index is -0.182. The zero-order chi connectivity index (χ0) is 18.6. The van der Waals surface area contributed by atoms with Crippen molar-refractivity contribution in [3.8, 4) is 0 Å². The van der Waals surface area contributed by atoms with Crippen LogP contribution in [0.4, 0.5) is 0 Å². The maximum Gasteiger partial charge on any atom is 0.235 e. The molecule has 7 heteroatoms. The summed E-state index contributed by atoms with van der Waals surface area (Å²) < 4.78 is 1.92. The lowest BCUT2D eigenvalue weighted by molar-refractivity contribution is -0.132. The fourth-order valence-corrected chi connectivity index (χ4v) is 4.26. The summed E-state index contributed by atoms with van der Waals surface area (Å²) in [7, 11) is 0. The van der Waals surface area contributed by atoms with Crippen LogP contribution in [-0.2, 0) is 11.3 Å². The second-order valence-corrected chi connectivity index (χ2v) is 8.07. The Bertz CT molecular complexity index is 905. The van der Waals surface area contributed by atoms with Crippen LogP contribution >= 0.6 is 11.8 Å². The number of aromatic nitrogens is 3. The summed E-state index contributed by atoms with van der Waals surface area (Å²) in [6, 6.07) is 16.3. The van der Waals surface area contributed by atoms with Crippen LogP contribution in [0.3, 0.4) is 0 Å². The maximum atomic E-state index is 12.9. The second kappa shape index (κ2) is 8.10. The van der Waals surface area contributed by atoms with E-state index in [0.717, 1.165) is 43.5 Å². The smallest absolute Gasteiger partial charge is 0.235 e. The van der Waals surface area contributed by atoms with E-state index >= 15 is 0 Å². The van der Waals surface area contributed by atoms with Gasteiger partial charge in [0.1, 0.15) is 0 Å². The third kappa shape index (κ3) is 4.14. The lowest BCUT2D eigenvalue weighted by atomic mass is 10.2. The van der Waals surface area contributed by atoms with Crippen LogP contribution < -0.4 is 0 Å². The number of piperazine rings is 1. The van der Waals surface area contributed by atoms with Gasteiger partial charge in [0.2, 0.25) is 5.91 Å². The van der Waals surface area contributed by atoms with Crippen molar-refractivity contribution in [3.05, 3.63) is 60.3 Å². The van der Waals surface area contributed by atoms with E-state index in [1.807, 2.05) is 46.7 Å². The molecule has 1 aliphatic heterocycles. The number of benzene rings is 1. The van der Waals surface area contributed by atoms with Gasteiger partial charge in [-0.3, -0.25) is 14.1 Å². The number of hydrogen-bond donors (Lipinski definition) is 0. The van der Waals surface area contributed by atoms with E-state index in [-0.39, 0.29) is 11.2 Å². The van der Waals surface area contributed by atoms with Crippen molar-refractivity contribution < 1.29 is 4.79 Å². The molecule has 4 rings (SSSR count). The number of nitrogens with zero attached hydrogens (tertiary/aromatic N) is 5. The average Bonchev–Trinajstić information content (AvgIpc) is 3.12. The highest BCUT2D eigenvalue weighted by atomic mass is 32.2. The molecule has 0 N–H and O–H groups in total. The van der Waals surface area contributed by atoms with Crippen LogP contribution in [0.25, 0.3) is 5.65 Å². The summed E-state index contributed by atoms with van der Waals surface area (Å²) in [5.74, 6) is 0.173. The van der Waals surface area contributed by atoms with Crippen LogP contribution in [0.5, 0.6) is 0 Å². The van der Waals surface area contributed by atoms with Gasteiger partial charge in [0.25, 0.3) is 0 Å². The van der Waals surface area contributed by atoms with Crippen molar-refractivity contribution in [2.24, 2.45) is 0 Å². The highest BCUT2D eigenvalue weighted by molar-refractivity contribution is 8.00. The summed E-state index contributed by atoms with van der Waals surface area (Å²) in [5.41, 5.74) is 2.12. The quantitative estimate of drug-likeness (QED) is 0.636. The first-order valence-corrected chi connectivity index (χ1v) is 10.1. The molecule has 3 aromatic rings. The Kier molecular flexibility index (Phi) is 5.40. The number of fused-ring (bicyclic) bond motifs is 1. The molecule has 0 aliphatic carbocycles. The second-order valence-electron chi connectivity index (χ2n) is 6.76. The number of hydrogen-bond acceptors (Lipinski definition) is 5. The SMILES string of the molecule is C[C@H](Sc1nnc2ccccn12)C(=O)N1CCN(Cc2ccccc2)CC1. The number of rotatable bonds is 5. The zero-order valence-electron chi connectivity index (χ0n) is 15.4. The van der Waals surface area contributed by atoms with Gasteiger partial charge < -0.3 is 4.90 Å². The molecular formula is C20H23N5OS. The number of carbonyl (C=O) groups excluding carboxylic acids is 1. The highest BCUT2D eigenvalue weighted by Gasteiger charge is 2.26. The first-order valence-electron chi connectivity index (χ1n) is 9.22. The molecule has 0 radical (unpaired) electrons. The molecule has 1 saturated heterocycles. The Hall–Kier alpha value is -2.38. The summed E-state index contributed by atoms with van der Waals surface area (Å²) in [4.78, 5) is 17.2. The summed E-state index contributed by atoms with van der Waals surface area (Å²) in [6.07, 6.45) is 1.93. The largest absolute Gasteiger partial charge is 0.339 e. The Morgan fingerprint density at radius 2 is 1.78 bits per heavy atom. The molecule has 27 heavy (non-hydrogen) atoms. The fraction of sp³-hybridized carbons (Fsp3) is 0.350. The molecule has 3 heterocycles. The van der Waals surface area contributed by atoms with Gasteiger partial charge in [-0.1, -0.05) is 48.2 Å². The fourth-order valence-electron chi connectivity index (χ4n) is 3.33. The molecular weight excluding hydrogens is 358 g/mol. The van der Waals surface area contributed by atoms with Crippen molar-refractivity contribution in [2.45, 2.75) is 23.9 Å². The van der Waals surface area contributed by atoms with Gasteiger partial charge >= 0.3 is 0 Å². The van der Waals surface area contributed by atoms with E-state index in [1.165, 1.54) is 17.3 Å². The molecule has 1 aromatic carbocycles. The molecule has 1 amide bonds. The van der Waals surface area contributed by atoms with Crippen molar-refractivity contribution in [2.75, 3.05) is 26.2 Å². The lowest BCUT2D eigenvalue weighted by Crippen LogP contribution is -2.50. The monoisotopic (exact) mass is 381 g/mol. The molecule has 6 nitrogen and oxygen atoms in total. The third-order valence-electron chi connectivity index (χ3n) is 4.85. The number of thioether (sulfide) groups is 1. The first kappa shape index (κ1) is 18.0. The summed E-state index contributed by atoms with van der Waals surface area (Å²) in [6.45, 7) is 6.26. The molecule has 0 spiro atoms. The van der Waals surface area contributed by atoms with Gasteiger partial charge in [0.05, 0.1) is 5.25 Å². The third-order valence-corrected chi connectivity index (χ3v) is 5.89. The molecule has 1 atom stereocenters. The normalized spacial score (nSPS) is 16.6. The first-order chi connectivity index (χ1) is 13.2. The maximum absolute atomic E-state index is 12.9. The number of amides is 1. The molecule has 1 fully saturated rings. The van der Waals surface area contributed by atoms with Gasteiger partial charge in [0, 0.05) is 38.9 Å². The molecule has 0 unspecified atom stereocenters. The van der Waals surface area contributed by atoms with E-state index in [9.17, 15) is 4.79 Å². The van der Waals surface area contributed by atoms with Crippen LogP contribution in [-0.4, -0.2) is 61.7 Å². The Labute approximate surface area is 163 Å². The Morgan fingerprint density at radius 1 is 1.04 bits per heavy atom. The lowest BCUT2D eigenvalue weighted by Gasteiger charge is -2.35. The molecule has 2 aromatic heterocycles. The van der Waals surface area contributed by atoms with Gasteiger partial charge in [-0.15, -0.1) is 10.2 Å². The Balaban J connectivity index is 1.32. The Morgan fingerprint density at radius 3 is 2.56 bits per heavy atom. The van der Waals surface area contributed by atoms with E-state index in [4.69, 9.17) is 0 Å². The number of pyridine rings is 1. The molecule has 1 aliphatic rings. The van der Waals surface area contributed by atoms with Gasteiger partial charge in [-0.05, 0) is 24.6 Å². The minimum Gasteiger partial charge on any atom is -0.339 e. The molecule has 0 saturated carbocycles. The van der Waals surface area contributed by atoms with Crippen LogP contribution in [0.15, 0.2) is 59.9 Å². The van der Waals surface area contributed by atoms with Gasteiger partial charge in [0.15, 0.2) is 10.8 Å². The van der Waals surface area contributed by atoms with Crippen molar-refractivity contribution >= 4 is 23.3 Å². The van der Waals surface area contributed by atoms with Crippen LogP contribution in [0.2, 0.25) is 0 Å². The predicted molar refractivity (Wildman–Crippen MR) is 107 cm³/mol. The van der Waals surface area contributed by atoms with E-state index < -0.39 is 0 Å². The van der Waals surface area contributed by atoms with Crippen LogP contribution in [0, 0.1) is 0 Å². The highest BCUT2D eigenvalue weighted by Crippen LogP contribution is 2.24. The standard InChI is InChI=1S/C20H23N5OS/c1-16(27-20-22-21-18-9-5-6-10-25(18)20)19(26)24-13-11-23(12-14-24)15-17-7-3-2-4-8-17/h2-10,16H,11-15H2,1H3/t16-/m0/s1. The minimum absolute atomic E-state index is 0.173. The number of carbonyl (C=O) groups is 1. The summed E-state index contributed by atoms with van der Waals surface area (Å²) >= 11 is 1.47. The van der Waals surface area contributed by atoms with E-state index in [2.05, 4.69) is 39.4 Å². The van der Waals surface area contributed by atoms with Gasteiger partial charge in [-0.2, -0.15) is 0 Å². The van der Waals surface area contributed by atoms with E-state index in [1.54, 1.807) is 0 Å². The van der Waals surface area contributed by atoms with E-state index in [0.29, 0.717) is 0 Å². The van der Waals surface area contributed by atoms with Crippen molar-refractivity contribution in [1.82, 2.24) is 24.4 Å². The van der Waals surface area contributed by atoms with Gasteiger partial charge in [-0.25, -0.2) is 0 Å². The summed E-state index contributed by atoms with van der Waals surface area (Å²) in [5, 5.41) is 8.95. The topological polar surface area (TPSA) is 53.7 Å². The molecule has 0 bridgehead atoms. The van der Waals surface area contributed by atoms with Crippen molar-refractivity contribution in [3.63, 3.8) is 0 Å². The average molecular weight is 382 g/mol. The molecule has 140 valence electrons. The zero-order valence-corrected chi connectivity index (χ0v) is 16.2. The predicted octanol–water partition coefficient (Wildman–Crippen LogP) is 2.55.